The van der Waals surface area contributed by atoms with Crippen LogP contribution in [0.2, 0.25) is 0 Å². The lowest BCUT2D eigenvalue weighted by molar-refractivity contribution is -0.132. The second-order valence-electron chi connectivity index (χ2n) is 16.3. The van der Waals surface area contributed by atoms with E-state index in [-0.39, 0.29) is 54.7 Å². The number of nitrogens with one attached hydrogen (secondary N) is 3. The van der Waals surface area contributed by atoms with Crippen LogP contribution in [-0.2, 0) is 38.4 Å². The second-order valence-corrected chi connectivity index (χ2v) is 17.7. The van der Waals surface area contributed by atoms with Gasteiger partial charge in [0.1, 0.15) is 42.0 Å². The fourth-order valence-corrected chi connectivity index (χ4v) is 9.50. The van der Waals surface area contributed by atoms with Crippen molar-refractivity contribution in [2.24, 2.45) is 5.92 Å². The highest BCUT2D eigenvalue weighted by Crippen LogP contribution is 2.51. The number of H-pyrrole nitrogens is 1. The molecular weight excluding hydrogens is 868 g/mol. The average Bonchev–Trinajstić information content (AvgIpc) is 3.89. The minimum atomic E-state index is -1.93. The number of carbonyl (C=O) groups excluding carboxylic acids is 2. The summed E-state index contributed by atoms with van der Waals surface area (Å²) >= 11 is 0. The Morgan fingerprint density at radius 2 is 1.53 bits per heavy atom. The topological polar surface area (TPSA) is 213 Å². The van der Waals surface area contributed by atoms with Crippen molar-refractivity contribution >= 4 is 37.5 Å². The van der Waals surface area contributed by atoms with Crippen molar-refractivity contribution in [3.8, 4) is 17.6 Å². The van der Waals surface area contributed by atoms with Gasteiger partial charge < -0.3 is 38.0 Å². The maximum Gasteiger partial charge on any atom is 0.280 e. The number of likely N-dealkylation sites (N-methyl/N-ethyl adjacent to an activating group) is 1. The van der Waals surface area contributed by atoms with E-state index < -0.39 is 62.7 Å². The molecule has 1 saturated heterocycles. The van der Waals surface area contributed by atoms with E-state index in [9.17, 15) is 19.6 Å². The first-order chi connectivity index (χ1) is 31.8. The summed E-state index contributed by atoms with van der Waals surface area (Å²) in [4.78, 5) is 50.8. The normalized spacial score (nSPS) is 17.9. The Bertz CT molecular complexity index is 2420. The maximum atomic E-state index is 13.5. The Morgan fingerprint density at radius 1 is 0.924 bits per heavy atom. The summed E-state index contributed by atoms with van der Waals surface area (Å²) in [6.45, 7) is 11.1. The Morgan fingerprint density at radius 3 is 2.08 bits per heavy atom. The highest BCUT2D eigenvalue weighted by atomic mass is 31.2. The predicted molar refractivity (Wildman–Crippen MR) is 248 cm³/mol. The molecule has 352 valence electrons. The van der Waals surface area contributed by atoms with Crippen molar-refractivity contribution in [2.45, 2.75) is 90.2 Å². The van der Waals surface area contributed by atoms with E-state index in [1.165, 1.54) is 17.9 Å². The lowest BCUT2D eigenvalue weighted by atomic mass is 9.80. The van der Waals surface area contributed by atoms with Gasteiger partial charge in [-0.05, 0) is 68.7 Å². The van der Waals surface area contributed by atoms with Gasteiger partial charge >= 0.3 is 0 Å². The standard InChI is InChI=1S/C47H59N8O10P/c1-29(2)43(57)52-46-51-42-39(44(58)53-46)50-28-54(42)45-41(61-27-38(56)49-7)40(65-66(63-25-13-24-48)55(30(3)4)31(5)6)37(64-45)26-62-47(32-14-11-10-12-15-32,33-16-20-35(59-8)21-17-33)34-18-22-36(60-9)23-19-34/h10-12,14-23,28-31,37,40-41,45H,13,25-27H2,1-9H3,(H,49,56)(H2,51,52,53,57,58)/t37-,40-,41-,45-,66?/m1/s1. The maximum absolute atomic E-state index is 13.5. The Kier molecular flexibility index (Phi) is 17.0. The molecule has 1 fully saturated rings. The number of aromatic nitrogens is 4. The van der Waals surface area contributed by atoms with E-state index in [0.29, 0.717) is 11.5 Å². The molecule has 0 aliphatic carbocycles. The first-order valence-corrected chi connectivity index (χ1v) is 22.9. The van der Waals surface area contributed by atoms with E-state index in [1.54, 1.807) is 28.1 Å². The van der Waals surface area contributed by atoms with Crippen molar-refractivity contribution in [1.29, 1.82) is 5.26 Å². The molecule has 0 radical (unpaired) electrons. The number of anilines is 1. The zero-order valence-electron chi connectivity index (χ0n) is 38.7. The number of ether oxygens (including phenoxy) is 5. The SMILES string of the molecule is CNC(=O)CO[C@@H]1[C@H](OP(OCCC#N)N(C(C)C)C(C)C)[C@@H](COC(c2ccccc2)(c2ccc(OC)cc2)c2ccc(OC)cc2)O[C@H]1n1cnc2c(=O)[nH]c(NC(=O)C(C)C)nc21. The molecule has 1 aliphatic heterocycles. The summed E-state index contributed by atoms with van der Waals surface area (Å²) in [5.41, 5.74) is 0.507. The summed E-state index contributed by atoms with van der Waals surface area (Å²) in [5.74, 6) is 0.0228. The van der Waals surface area contributed by atoms with Crippen LogP contribution in [-0.4, -0.2) is 107 Å². The summed E-state index contributed by atoms with van der Waals surface area (Å²) in [7, 11) is 2.77. The molecule has 18 nitrogen and oxygen atoms in total. The van der Waals surface area contributed by atoms with Gasteiger partial charge in [0, 0.05) is 25.0 Å². The lowest BCUT2D eigenvalue weighted by Crippen LogP contribution is -2.43. The van der Waals surface area contributed by atoms with Crippen LogP contribution in [0.1, 0.15) is 70.9 Å². The molecule has 3 N–H and O–H groups in total. The summed E-state index contributed by atoms with van der Waals surface area (Å²) < 4.78 is 49.2. The van der Waals surface area contributed by atoms with Crippen LogP contribution in [0.3, 0.4) is 0 Å². The van der Waals surface area contributed by atoms with E-state index in [1.807, 2.05) is 107 Å². The highest BCUT2D eigenvalue weighted by Gasteiger charge is 2.52. The number of hydrogen-bond donors (Lipinski definition) is 3. The predicted octanol–water partition coefficient (Wildman–Crippen LogP) is 6.43. The Labute approximate surface area is 385 Å². The van der Waals surface area contributed by atoms with E-state index in [4.69, 9.17) is 32.7 Å². The van der Waals surface area contributed by atoms with Gasteiger partial charge in [0.2, 0.25) is 17.8 Å². The molecule has 19 heteroatoms. The third-order valence-corrected chi connectivity index (χ3v) is 13.1. The van der Waals surface area contributed by atoms with Crippen LogP contribution < -0.4 is 25.7 Å². The summed E-state index contributed by atoms with van der Waals surface area (Å²) in [6, 6.07) is 27.0. The van der Waals surface area contributed by atoms with Gasteiger partial charge in [-0.25, -0.2) is 9.65 Å². The fourth-order valence-electron chi connectivity index (χ4n) is 7.73. The van der Waals surface area contributed by atoms with Crippen molar-refractivity contribution in [3.63, 3.8) is 0 Å². The molecule has 2 aromatic heterocycles. The summed E-state index contributed by atoms with van der Waals surface area (Å²) in [5, 5.41) is 14.8. The number of nitrogens with zero attached hydrogens (tertiary/aromatic N) is 5. The van der Waals surface area contributed by atoms with Crippen molar-refractivity contribution < 1.29 is 42.3 Å². The largest absolute Gasteiger partial charge is 0.497 e. The smallest absolute Gasteiger partial charge is 0.280 e. The van der Waals surface area contributed by atoms with Crippen LogP contribution in [0.25, 0.3) is 11.2 Å². The fraction of sp³-hybridized carbons (Fsp3) is 0.447. The number of hydrogen-bond acceptors (Lipinski definition) is 14. The molecule has 3 heterocycles. The van der Waals surface area contributed by atoms with Gasteiger partial charge in [-0.1, -0.05) is 68.4 Å². The van der Waals surface area contributed by atoms with Crippen LogP contribution in [0, 0.1) is 17.2 Å². The number of methoxy groups -OCH3 is 2. The number of rotatable bonds is 22. The number of carbonyl (C=O) groups is 2. The highest BCUT2D eigenvalue weighted by molar-refractivity contribution is 7.44. The van der Waals surface area contributed by atoms with Crippen molar-refractivity contribution in [1.82, 2.24) is 29.5 Å². The molecule has 0 spiro atoms. The third-order valence-electron chi connectivity index (χ3n) is 11.0. The van der Waals surface area contributed by atoms with Crippen LogP contribution in [0.5, 0.6) is 11.5 Å². The third kappa shape index (κ3) is 11.1. The quantitative estimate of drug-likeness (QED) is 0.0388. The Hall–Kier alpha value is -5.77. The molecule has 5 aromatic rings. The molecule has 6 rings (SSSR count). The van der Waals surface area contributed by atoms with Gasteiger partial charge in [0.15, 0.2) is 17.4 Å². The van der Waals surface area contributed by atoms with Gasteiger partial charge in [-0.2, -0.15) is 10.2 Å². The molecule has 5 atom stereocenters. The van der Waals surface area contributed by atoms with Crippen LogP contribution >= 0.6 is 8.53 Å². The lowest BCUT2D eigenvalue weighted by Gasteiger charge is -2.39. The number of imidazole rings is 1. The van der Waals surface area contributed by atoms with Crippen molar-refractivity contribution in [3.05, 3.63) is 112 Å². The summed E-state index contributed by atoms with van der Waals surface area (Å²) in [6.07, 6.45) is -2.74. The molecule has 0 bridgehead atoms. The Balaban J connectivity index is 1.55. The number of benzene rings is 3. The first-order valence-electron chi connectivity index (χ1n) is 21.7. The number of fused-ring (bicyclic) bond motifs is 1. The molecular formula is C47H59N8O10P. The monoisotopic (exact) mass is 926 g/mol. The molecule has 1 unspecified atom stereocenters. The number of aromatic amines is 1. The molecule has 0 saturated carbocycles. The second kappa shape index (κ2) is 22.6. The molecule has 1 aliphatic rings. The van der Waals surface area contributed by atoms with Crippen LogP contribution in [0.4, 0.5) is 5.95 Å². The first kappa shape index (κ1) is 49.7. The van der Waals surface area contributed by atoms with Crippen molar-refractivity contribution in [2.75, 3.05) is 46.4 Å². The van der Waals surface area contributed by atoms with Gasteiger partial charge in [0.05, 0.1) is 46.3 Å². The average molecular weight is 927 g/mol. The van der Waals surface area contributed by atoms with E-state index in [2.05, 4.69) is 36.3 Å². The zero-order chi connectivity index (χ0) is 47.5. The van der Waals surface area contributed by atoms with Gasteiger partial charge in [0.25, 0.3) is 14.1 Å². The van der Waals surface area contributed by atoms with Crippen LogP contribution in [0.15, 0.2) is 90.0 Å². The molecule has 66 heavy (non-hydrogen) atoms. The molecule has 3 aromatic carbocycles. The van der Waals surface area contributed by atoms with Gasteiger partial charge in [-0.15, -0.1) is 0 Å². The van der Waals surface area contributed by atoms with E-state index in [0.717, 1.165) is 16.7 Å². The number of amides is 2. The minimum Gasteiger partial charge on any atom is -0.497 e. The zero-order valence-corrected chi connectivity index (χ0v) is 39.6. The molecule has 2 amide bonds. The number of nitriles is 1. The minimum absolute atomic E-state index is 0.0293. The van der Waals surface area contributed by atoms with Gasteiger partial charge in [-0.3, -0.25) is 29.3 Å². The van der Waals surface area contributed by atoms with E-state index >= 15 is 0 Å².